The summed E-state index contributed by atoms with van der Waals surface area (Å²) < 4.78 is 5.01. The molecule has 0 radical (unpaired) electrons. The number of amides is 1. The van der Waals surface area contributed by atoms with Gasteiger partial charge in [0.25, 0.3) is 5.69 Å². The summed E-state index contributed by atoms with van der Waals surface area (Å²) in [6, 6.07) is 12.6. The number of carbonyl (C=O) groups is 3. The summed E-state index contributed by atoms with van der Waals surface area (Å²) >= 11 is 0. The number of ether oxygens (including phenoxy) is 1. The summed E-state index contributed by atoms with van der Waals surface area (Å²) in [4.78, 5) is 44.7. The molecule has 0 bridgehead atoms. The van der Waals surface area contributed by atoms with Gasteiger partial charge in [0.2, 0.25) is 5.91 Å². The van der Waals surface area contributed by atoms with Crippen LogP contribution in [-0.4, -0.2) is 45.6 Å². The van der Waals surface area contributed by atoms with E-state index in [1.54, 1.807) is 7.11 Å². The van der Waals surface area contributed by atoms with Crippen molar-refractivity contribution in [1.29, 1.82) is 0 Å². The maximum absolute atomic E-state index is 11.6. The quantitative estimate of drug-likeness (QED) is 0.291. The molecule has 2 aromatic carbocycles. The number of hydrogen-bond donors (Lipinski definition) is 4. The van der Waals surface area contributed by atoms with Crippen LogP contribution in [0.5, 0.6) is 5.75 Å². The number of rotatable bonds is 8. The van der Waals surface area contributed by atoms with Crippen molar-refractivity contribution >= 4 is 29.2 Å². The first kappa shape index (κ1) is 31.3. The van der Waals surface area contributed by atoms with Crippen molar-refractivity contribution in [3.8, 4) is 5.75 Å². The second-order valence-corrected chi connectivity index (χ2v) is 8.12. The molecule has 204 valence electrons. The highest BCUT2D eigenvalue weighted by Crippen LogP contribution is 2.39. The third kappa shape index (κ3) is 7.90. The number of anilines is 1. The van der Waals surface area contributed by atoms with E-state index in [1.165, 1.54) is 38.1 Å². The van der Waals surface area contributed by atoms with Gasteiger partial charge in [-0.3, -0.25) is 14.9 Å². The van der Waals surface area contributed by atoms with E-state index in [2.05, 4.69) is 10.6 Å². The second kappa shape index (κ2) is 14.1. The van der Waals surface area contributed by atoms with Crippen LogP contribution in [0.2, 0.25) is 0 Å². The molecule has 3 rings (SSSR count). The summed E-state index contributed by atoms with van der Waals surface area (Å²) in [6.45, 7) is 5.03. The van der Waals surface area contributed by atoms with E-state index < -0.39 is 22.8 Å². The molecule has 1 heterocycles. The van der Waals surface area contributed by atoms with E-state index in [-0.39, 0.29) is 33.8 Å². The fourth-order valence-corrected chi connectivity index (χ4v) is 3.84. The fraction of sp³-hybridized carbons (Fsp3) is 0.269. The highest BCUT2D eigenvalue weighted by molar-refractivity contribution is 5.98. The van der Waals surface area contributed by atoms with E-state index in [0.717, 1.165) is 17.9 Å². The number of carbonyl (C=O) groups excluding carboxylic acids is 1. The predicted octanol–water partition coefficient (Wildman–Crippen LogP) is 3.61. The molecule has 1 aliphatic heterocycles. The van der Waals surface area contributed by atoms with Crippen LogP contribution in [0.4, 0.5) is 11.4 Å². The van der Waals surface area contributed by atoms with Crippen molar-refractivity contribution in [2.75, 3.05) is 12.4 Å². The van der Waals surface area contributed by atoms with Crippen LogP contribution in [0.1, 0.15) is 45.1 Å². The van der Waals surface area contributed by atoms with Crippen LogP contribution in [0.25, 0.3) is 0 Å². The zero-order valence-corrected chi connectivity index (χ0v) is 21.4. The number of carboxylic acid groups (broad SMARTS) is 2. The largest absolute Gasteiger partial charge is 0.497 e. The van der Waals surface area contributed by atoms with Gasteiger partial charge in [0, 0.05) is 35.6 Å². The second-order valence-electron chi connectivity index (χ2n) is 8.12. The third-order valence-electron chi connectivity index (χ3n) is 5.49. The Morgan fingerprint density at radius 3 is 2.03 bits per heavy atom. The molecule has 0 atom stereocenters. The number of aliphatic carboxylic acids is 2. The molecule has 1 aliphatic rings. The van der Waals surface area contributed by atoms with E-state index in [1.807, 2.05) is 31.2 Å². The number of nitrogens with one attached hydrogen (secondary N) is 2. The van der Waals surface area contributed by atoms with Gasteiger partial charge in [-0.2, -0.15) is 0 Å². The lowest BCUT2D eigenvalue weighted by Crippen LogP contribution is -2.31. The number of non-ortho nitro benzene ring substituents is 1. The van der Waals surface area contributed by atoms with Crippen LogP contribution in [0, 0.1) is 10.1 Å². The average Bonchev–Trinajstić information content (AvgIpc) is 2.84. The Labute approximate surface area is 219 Å². The minimum Gasteiger partial charge on any atom is -0.497 e. The Bertz CT molecular complexity index is 1210. The van der Waals surface area contributed by atoms with Crippen molar-refractivity contribution in [2.45, 2.75) is 39.5 Å². The molecule has 1 amide bonds. The van der Waals surface area contributed by atoms with Crippen molar-refractivity contribution in [3.63, 3.8) is 0 Å². The molecule has 0 aromatic heterocycles. The number of allylic oxidation sites excluding steroid dienone is 2. The lowest BCUT2D eigenvalue weighted by atomic mass is 9.80. The number of nitro groups is 1. The van der Waals surface area contributed by atoms with E-state index >= 15 is 0 Å². The SMILES string of the molecule is CC1=C(C(=O)O)C(c2cccc([N+](=O)[O-])c2)C(C(=O)O)=C(C)N1.CCCC(=O)Nc1ccc(OC)cc1.O. The molecular formula is C26H31N3O9. The van der Waals surface area contributed by atoms with Crippen molar-refractivity contribution in [1.82, 2.24) is 5.32 Å². The first-order valence-electron chi connectivity index (χ1n) is 11.3. The molecule has 12 heteroatoms. The summed E-state index contributed by atoms with van der Waals surface area (Å²) in [5, 5.41) is 35.4. The van der Waals surface area contributed by atoms with E-state index in [0.29, 0.717) is 17.8 Å². The molecule has 0 fully saturated rings. The molecule has 0 saturated heterocycles. The van der Waals surface area contributed by atoms with Crippen molar-refractivity contribution in [2.24, 2.45) is 0 Å². The molecule has 0 saturated carbocycles. The molecule has 0 aliphatic carbocycles. The first-order chi connectivity index (χ1) is 17.5. The highest BCUT2D eigenvalue weighted by Gasteiger charge is 2.36. The van der Waals surface area contributed by atoms with Crippen molar-refractivity contribution < 1.29 is 39.7 Å². The number of nitrogens with zero attached hydrogens (tertiary/aromatic N) is 1. The average molecular weight is 530 g/mol. The van der Waals surface area contributed by atoms with Gasteiger partial charge in [0.05, 0.1) is 29.1 Å². The fourth-order valence-electron chi connectivity index (χ4n) is 3.84. The number of carboxylic acids is 2. The predicted molar refractivity (Wildman–Crippen MR) is 140 cm³/mol. The summed E-state index contributed by atoms with van der Waals surface area (Å²) in [7, 11) is 1.62. The third-order valence-corrected chi connectivity index (χ3v) is 5.49. The number of hydrogen-bond acceptors (Lipinski definition) is 7. The molecule has 2 aromatic rings. The van der Waals surface area contributed by atoms with Crippen LogP contribution < -0.4 is 15.4 Å². The van der Waals surface area contributed by atoms with Gasteiger partial charge in [-0.15, -0.1) is 0 Å². The first-order valence-corrected chi connectivity index (χ1v) is 11.3. The molecule has 12 nitrogen and oxygen atoms in total. The Hall–Kier alpha value is -4.71. The molecule has 0 unspecified atom stereocenters. The topological polar surface area (TPSA) is 200 Å². The Morgan fingerprint density at radius 2 is 1.58 bits per heavy atom. The van der Waals surface area contributed by atoms with Gasteiger partial charge >= 0.3 is 11.9 Å². The monoisotopic (exact) mass is 529 g/mol. The van der Waals surface area contributed by atoms with Gasteiger partial charge in [-0.1, -0.05) is 19.1 Å². The molecular weight excluding hydrogens is 498 g/mol. The van der Waals surface area contributed by atoms with E-state index in [4.69, 9.17) is 4.74 Å². The maximum Gasteiger partial charge on any atom is 0.334 e. The Balaban J connectivity index is 0.000000415. The molecule has 0 spiro atoms. The minimum atomic E-state index is -1.28. The number of nitro benzene ring substituents is 1. The van der Waals surface area contributed by atoms with Crippen LogP contribution in [0.3, 0.4) is 0 Å². The van der Waals surface area contributed by atoms with E-state index in [9.17, 15) is 34.7 Å². The minimum absolute atomic E-state index is 0. The molecule has 38 heavy (non-hydrogen) atoms. The number of benzene rings is 2. The summed E-state index contributed by atoms with van der Waals surface area (Å²) in [5.41, 5.74) is 1.14. The smallest absolute Gasteiger partial charge is 0.334 e. The number of methoxy groups -OCH3 is 1. The lowest BCUT2D eigenvalue weighted by molar-refractivity contribution is -0.384. The Kier molecular flexibility index (Phi) is 11.7. The van der Waals surface area contributed by atoms with Gasteiger partial charge in [0.1, 0.15) is 5.75 Å². The molecule has 6 N–H and O–H groups in total. The summed E-state index contributed by atoms with van der Waals surface area (Å²) in [5.74, 6) is -2.81. The van der Waals surface area contributed by atoms with Gasteiger partial charge in [0.15, 0.2) is 0 Å². The highest BCUT2D eigenvalue weighted by atomic mass is 16.6. The zero-order valence-electron chi connectivity index (χ0n) is 21.4. The van der Waals surface area contributed by atoms with Crippen LogP contribution >= 0.6 is 0 Å². The van der Waals surface area contributed by atoms with Crippen LogP contribution in [0.15, 0.2) is 71.1 Å². The lowest BCUT2D eigenvalue weighted by Gasteiger charge is -2.28. The Morgan fingerprint density at radius 1 is 1.03 bits per heavy atom. The van der Waals surface area contributed by atoms with Gasteiger partial charge in [-0.25, -0.2) is 9.59 Å². The number of dihydropyridines is 1. The normalized spacial score (nSPS) is 12.8. The zero-order chi connectivity index (χ0) is 27.7. The summed E-state index contributed by atoms with van der Waals surface area (Å²) in [6.07, 6.45) is 1.42. The van der Waals surface area contributed by atoms with Gasteiger partial charge in [-0.05, 0) is 50.1 Å². The van der Waals surface area contributed by atoms with Gasteiger partial charge < -0.3 is 31.1 Å². The standard InChI is InChI=1S/C15H14N2O6.C11H15NO2.H2O/c1-7-11(14(18)19)13(12(15(20)21)8(2)16-7)9-4-3-5-10(6-9)17(22)23;1-3-4-11(13)12-9-5-7-10(14-2)8-6-9;/h3-6,13,16H,1-2H3,(H,18,19)(H,20,21);5-8H,3-4H2,1-2H3,(H,12,13);1H2. The van der Waals surface area contributed by atoms with Crippen molar-refractivity contribution in [3.05, 3.63) is 86.7 Å². The maximum atomic E-state index is 11.6. The van der Waals surface area contributed by atoms with Crippen LogP contribution in [-0.2, 0) is 14.4 Å².